The van der Waals surface area contributed by atoms with Crippen molar-refractivity contribution in [3.05, 3.63) is 70.2 Å². The fourth-order valence-electron chi connectivity index (χ4n) is 3.45. The molecule has 0 atom stereocenters. The Kier molecular flexibility index (Phi) is 3.82. The number of rotatable bonds is 1. The molecule has 0 unspecified atom stereocenters. The van der Waals surface area contributed by atoms with E-state index in [1.807, 2.05) is 23.1 Å². The summed E-state index contributed by atoms with van der Waals surface area (Å²) in [6.45, 7) is 1.18. The smallest absolute Gasteiger partial charge is 0.254 e. The van der Waals surface area contributed by atoms with Gasteiger partial charge in [-0.1, -0.05) is 0 Å². The predicted molar refractivity (Wildman–Crippen MR) is 105 cm³/mol. The topological polar surface area (TPSA) is 71.9 Å². The third-order valence-electron chi connectivity index (χ3n) is 4.79. The van der Waals surface area contributed by atoms with Crippen molar-refractivity contribution in [2.75, 3.05) is 6.54 Å². The van der Waals surface area contributed by atoms with Gasteiger partial charge >= 0.3 is 0 Å². The first-order valence-electron chi connectivity index (χ1n) is 8.61. The van der Waals surface area contributed by atoms with Gasteiger partial charge in [0.05, 0.1) is 11.0 Å². The van der Waals surface area contributed by atoms with Crippen molar-refractivity contribution in [3.63, 3.8) is 0 Å². The highest BCUT2D eigenvalue weighted by Crippen LogP contribution is 2.25. The highest BCUT2D eigenvalue weighted by Gasteiger charge is 2.23. The number of amides is 1. The minimum atomic E-state index is 0.000618. The number of hydrogen-bond donors (Lipinski definition) is 0. The van der Waals surface area contributed by atoms with Crippen LogP contribution in [-0.2, 0) is 13.0 Å². The van der Waals surface area contributed by atoms with E-state index < -0.39 is 0 Å². The lowest BCUT2D eigenvalue weighted by atomic mass is 10.0. The van der Waals surface area contributed by atoms with E-state index in [2.05, 4.69) is 41.9 Å². The number of halogens is 1. The zero-order valence-electron chi connectivity index (χ0n) is 14.3. The SMILES string of the molecule is O=C(c1ccc2nccnc2c1)N1CCc2nc3ncc(Br)cc3cc2C1. The summed E-state index contributed by atoms with van der Waals surface area (Å²) in [5, 5.41) is 0.971. The molecule has 0 aliphatic carbocycles. The maximum Gasteiger partial charge on any atom is 0.254 e. The molecular weight excluding hydrogens is 406 g/mol. The van der Waals surface area contributed by atoms with Gasteiger partial charge in [0.1, 0.15) is 0 Å². The molecule has 4 heterocycles. The zero-order valence-corrected chi connectivity index (χ0v) is 15.8. The van der Waals surface area contributed by atoms with Crippen LogP contribution in [0.5, 0.6) is 0 Å². The molecule has 0 saturated carbocycles. The van der Waals surface area contributed by atoms with E-state index in [1.165, 1.54) is 0 Å². The van der Waals surface area contributed by atoms with Crippen molar-refractivity contribution >= 4 is 43.9 Å². The van der Waals surface area contributed by atoms with Crippen molar-refractivity contribution in [1.29, 1.82) is 0 Å². The van der Waals surface area contributed by atoms with Gasteiger partial charge in [-0.3, -0.25) is 14.8 Å². The standard InChI is InChI=1S/C20H14BrN5O/c21-15-8-13-7-14-11-26(6-3-16(14)25-19(13)24-10-15)20(27)12-1-2-17-18(9-12)23-5-4-22-17/h1-2,4-5,7-10H,3,6,11H2. The number of carbonyl (C=O) groups is 1. The number of hydrogen-bond acceptors (Lipinski definition) is 5. The van der Waals surface area contributed by atoms with Crippen LogP contribution in [0.25, 0.3) is 22.1 Å². The van der Waals surface area contributed by atoms with Crippen LogP contribution >= 0.6 is 15.9 Å². The van der Waals surface area contributed by atoms with Crippen LogP contribution in [0.4, 0.5) is 0 Å². The average Bonchev–Trinajstić information content (AvgIpc) is 2.71. The van der Waals surface area contributed by atoms with Crippen molar-refractivity contribution < 1.29 is 4.79 Å². The molecule has 7 heteroatoms. The van der Waals surface area contributed by atoms with Crippen LogP contribution < -0.4 is 0 Å². The largest absolute Gasteiger partial charge is 0.334 e. The lowest BCUT2D eigenvalue weighted by Crippen LogP contribution is -2.36. The van der Waals surface area contributed by atoms with Gasteiger partial charge in [-0.25, -0.2) is 9.97 Å². The van der Waals surface area contributed by atoms with Gasteiger partial charge in [0.2, 0.25) is 0 Å². The molecule has 5 rings (SSSR count). The summed E-state index contributed by atoms with van der Waals surface area (Å²) >= 11 is 3.45. The van der Waals surface area contributed by atoms with Crippen LogP contribution in [0.1, 0.15) is 21.6 Å². The van der Waals surface area contributed by atoms with Crippen LogP contribution in [-0.4, -0.2) is 37.3 Å². The Balaban J connectivity index is 1.47. The molecule has 1 aliphatic heterocycles. The number of nitrogens with zero attached hydrogens (tertiary/aromatic N) is 5. The molecule has 0 radical (unpaired) electrons. The van der Waals surface area contributed by atoms with E-state index in [0.717, 1.165) is 44.2 Å². The Labute approximate surface area is 163 Å². The Bertz CT molecular complexity index is 1210. The van der Waals surface area contributed by atoms with E-state index in [4.69, 9.17) is 0 Å². The highest BCUT2D eigenvalue weighted by molar-refractivity contribution is 9.10. The van der Waals surface area contributed by atoms with Crippen molar-refractivity contribution in [2.24, 2.45) is 0 Å². The Morgan fingerprint density at radius 1 is 1.04 bits per heavy atom. The predicted octanol–water partition coefficient (Wildman–Crippen LogP) is 3.53. The lowest BCUT2D eigenvalue weighted by molar-refractivity contribution is 0.0734. The summed E-state index contributed by atoms with van der Waals surface area (Å²) in [7, 11) is 0. The monoisotopic (exact) mass is 419 g/mol. The molecule has 0 N–H and O–H groups in total. The Hall–Kier alpha value is -2.93. The van der Waals surface area contributed by atoms with E-state index in [9.17, 15) is 4.79 Å². The fourth-order valence-corrected chi connectivity index (χ4v) is 3.80. The van der Waals surface area contributed by atoms with Crippen LogP contribution in [0.3, 0.4) is 0 Å². The molecule has 1 aliphatic rings. The molecule has 6 nitrogen and oxygen atoms in total. The Morgan fingerprint density at radius 2 is 1.89 bits per heavy atom. The Morgan fingerprint density at radius 3 is 2.78 bits per heavy atom. The number of fused-ring (bicyclic) bond motifs is 3. The second-order valence-electron chi connectivity index (χ2n) is 6.53. The number of pyridine rings is 2. The maximum atomic E-state index is 13.0. The molecule has 0 bridgehead atoms. The molecule has 0 spiro atoms. The minimum absolute atomic E-state index is 0.000618. The fraction of sp³-hybridized carbons (Fsp3) is 0.150. The molecule has 132 valence electrons. The quantitative estimate of drug-likeness (QED) is 0.471. The second kappa shape index (κ2) is 6.35. The molecule has 27 heavy (non-hydrogen) atoms. The first kappa shape index (κ1) is 16.3. The van der Waals surface area contributed by atoms with E-state index in [0.29, 0.717) is 18.7 Å². The summed E-state index contributed by atoms with van der Waals surface area (Å²) in [4.78, 5) is 32.5. The summed E-state index contributed by atoms with van der Waals surface area (Å²) in [5.41, 5.74) is 4.97. The lowest BCUT2D eigenvalue weighted by Gasteiger charge is -2.28. The zero-order chi connectivity index (χ0) is 18.4. The van der Waals surface area contributed by atoms with E-state index >= 15 is 0 Å². The van der Waals surface area contributed by atoms with Gasteiger partial charge in [-0.15, -0.1) is 0 Å². The molecule has 0 saturated heterocycles. The summed E-state index contributed by atoms with van der Waals surface area (Å²) in [6.07, 6.45) is 5.76. The summed E-state index contributed by atoms with van der Waals surface area (Å²) < 4.78 is 0.915. The third-order valence-corrected chi connectivity index (χ3v) is 5.22. The van der Waals surface area contributed by atoms with E-state index in [-0.39, 0.29) is 5.91 Å². The second-order valence-corrected chi connectivity index (χ2v) is 7.45. The highest BCUT2D eigenvalue weighted by atomic mass is 79.9. The number of benzene rings is 1. The van der Waals surface area contributed by atoms with Gasteiger partial charge < -0.3 is 4.90 Å². The molecule has 1 aromatic carbocycles. The normalized spacial score (nSPS) is 13.7. The average molecular weight is 420 g/mol. The summed E-state index contributed by atoms with van der Waals surface area (Å²) in [5.74, 6) is 0.000618. The van der Waals surface area contributed by atoms with Gasteiger partial charge in [0.25, 0.3) is 5.91 Å². The first-order chi connectivity index (χ1) is 13.2. The third kappa shape index (κ3) is 2.94. The van der Waals surface area contributed by atoms with Gasteiger partial charge in [-0.05, 0) is 51.8 Å². The van der Waals surface area contributed by atoms with Crippen molar-refractivity contribution in [1.82, 2.24) is 24.8 Å². The van der Waals surface area contributed by atoms with Gasteiger partial charge in [0.15, 0.2) is 5.65 Å². The van der Waals surface area contributed by atoms with Crippen molar-refractivity contribution in [3.8, 4) is 0 Å². The van der Waals surface area contributed by atoms with Crippen LogP contribution in [0, 0.1) is 0 Å². The number of aromatic nitrogens is 4. The molecular formula is C20H14BrN5O. The van der Waals surface area contributed by atoms with E-state index in [1.54, 1.807) is 24.7 Å². The van der Waals surface area contributed by atoms with Crippen molar-refractivity contribution in [2.45, 2.75) is 13.0 Å². The summed E-state index contributed by atoms with van der Waals surface area (Å²) in [6, 6.07) is 9.54. The van der Waals surface area contributed by atoms with Crippen LogP contribution in [0.15, 0.2) is 53.4 Å². The molecule has 3 aromatic heterocycles. The molecule has 0 fully saturated rings. The van der Waals surface area contributed by atoms with Crippen LogP contribution in [0.2, 0.25) is 0 Å². The number of carbonyl (C=O) groups excluding carboxylic acids is 1. The minimum Gasteiger partial charge on any atom is -0.334 e. The van der Waals surface area contributed by atoms with Gasteiger partial charge in [-0.2, -0.15) is 0 Å². The molecule has 4 aromatic rings. The first-order valence-corrected chi connectivity index (χ1v) is 9.41. The van der Waals surface area contributed by atoms with Gasteiger partial charge in [0, 0.05) is 59.2 Å². The molecule has 1 amide bonds. The maximum absolute atomic E-state index is 13.0.